The number of rotatable bonds is 3. The molecule has 1 amide bonds. The van der Waals surface area contributed by atoms with E-state index in [1.54, 1.807) is 0 Å². The summed E-state index contributed by atoms with van der Waals surface area (Å²) < 4.78 is 0. The SMILES string of the molecule is CC(C)(C)CNC(=O)c1ccc(C(=O)O)s1. The lowest BCUT2D eigenvalue weighted by atomic mass is 9.97. The van der Waals surface area contributed by atoms with Crippen LogP contribution in [0.1, 0.15) is 40.1 Å². The highest BCUT2D eigenvalue weighted by Crippen LogP contribution is 2.17. The fourth-order valence-electron chi connectivity index (χ4n) is 1.01. The van der Waals surface area contributed by atoms with Gasteiger partial charge in [-0.1, -0.05) is 20.8 Å². The largest absolute Gasteiger partial charge is 0.477 e. The summed E-state index contributed by atoms with van der Waals surface area (Å²) in [6.07, 6.45) is 0. The molecule has 1 aromatic rings. The van der Waals surface area contributed by atoms with E-state index < -0.39 is 5.97 Å². The number of thiophene rings is 1. The van der Waals surface area contributed by atoms with Gasteiger partial charge in [0, 0.05) is 6.54 Å². The van der Waals surface area contributed by atoms with Crippen LogP contribution in [-0.2, 0) is 0 Å². The molecular formula is C11H15NO3S. The van der Waals surface area contributed by atoms with Gasteiger partial charge in [0.05, 0.1) is 4.88 Å². The van der Waals surface area contributed by atoms with Gasteiger partial charge in [0.25, 0.3) is 5.91 Å². The van der Waals surface area contributed by atoms with E-state index in [4.69, 9.17) is 5.11 Å². The van der Waals surface area contributed by atoms with Gasteiger partial charge in [0.2, 0.25) is 0 Å². The summed E-state index contributed by atoms with van der Waals surface area (Å²) in [5.41, 5.74) is 0.0164. The highest BCUT2D eigenvalue weighted by Gasteiger charge is 2.15. The Bertz CT molecular complexity index is 404. The Morgan fingerprint density at radius 3 is 2.31 bits per heavy atom. The lowest BCUT2D eigenvalue weighted by Crippen LogP contribution is -2.31. The van der Waals surface area contributed by atoms with Crippen LogP contribution in [0.5, 0.6) is 0 Å². The number of carboxylic acids is 1. The predicted molar refractivity (Wildman–Crippen MR) is 63.1 cm³/mol. The Morgan fingerprint density at radius 2 is 1.88 bits per heavy atom. The Balaban J connectivity index is 2.63. The molecule has 88 valence electrons. The minimum atomic E-state index is -1.00. The van der Waals surface area contributed by atoms with E-state index in [-0.39, 0.29) is 16.2 Å². The second-order valence-corrected chi connectivity index (χ2v) is 5.80. The van der Waals surface area contributed by atoms with Crippen molar-refractivity contribution < 1.29 is 14.7 Å². The van der Waals surface area contributed by atoms with E-state index in [1.807, 2.05) is 20.8 Å². The fraction of sp³-hybridized carbons (Fsp3) is 0.455. The molecule has 0 saturated heterocycles. The van der Waals surface area contributed by atoms with Crippen LogP contribution in [0, 0.1) is 5.41 Å². The third-order valence-electron chi connectivity index (χ3n) is 1.82. The number of amides is 1. The Labute approximate surface area is 98.3 Å². The summed E-state index contributed by atoms with van der Waals surface area (Å²) in [4.78, 5) is 22.9. The van der Waals surface area contributed by atoms with Gasteiger partial charge in [-0.05, 0) is 17.5 Å². The lowest BCUT2D eigenvalue weighted by Gasteiger charge is -2.18. The fourth-order valence-corrected chi connectivity index (χ4v) is 1.77. The molecule has 0 fully saturated rings. The molecule has 0 radical (unpaired) electrons. The maximum absolute atomic E-state index is 11.6. The minimum Gasteiger partial charge on any atom is -0.477 e. The van der Waals surface area contributed by atoms with E-state index in [1.165, 1.54) is 12.1 Å². The Morgan fingerprint density at radius 1 is 1.31 bits per heavy atom. The number of carbonyl (C=O) groups is 2. The summed E-state index contributed by atoms with van der Waals surface area (Å²) in [6.45, 7) is 6.62. The predicted octanol–water partition coefficient (Wildman–Crippen LogP) is 2.22. The third kappa shape index (κ3) is 3.66. The van der Waals surface area contributed by atoms with Crippen molar-refractivity contribution in [2.75, 3.05) is 6.54 Å². The van der Waals surface area contributed by atoms with Gasteiger partial charge < -0.3 is 10.4 Å². The van der Waals surface area contributed by atoms with Gasteiger partial charge in [-0.2, -0.15) is 0 Å². The van der Waals surface area contributed by atoms with Crippen LogP contribution in [0.25, 0.3) is 0 Å². The smallest absolute Gasteiger partial charge is 0.345 e. The Hall–Kier alpha value is -1.36. The van der Waals surface area contributed by atoms with E-state index >= 15 is 0 Å². The van der Waals surface area contributed by atoms with Crippen molar-refractivity contribution in [3.05, 3.63) is 21.9 Å². The molecule has 0 bridgehead atoms. The topological polar surface area (TPSA) is 66.4 Å². The van der Waals surface area contributed by atoms with Crippen molar-refractivity contribution in [2.45, 2.75) is 20.8 Å². The van der Waals surface area contributed by atoms with Crippen molar-refractivity contribution in [3.63, 3.8) is 0 Å². The van der Waals surface area contributed by atoms with Gasteiger partial charge in [0.15, 0.2) is 0 Å². The molecule has 1 aromatic heterocycles. The Kier molecular flexibility index (Phi) is 3.70. The van der Waals surface area contributed by atoms with Gasteiger partial charge in [-0.25, -0.2) is 4.79 Å². The van der Waals surface area contributed by atoms with Crippen LogP contribution in [-0.4, -0.2) is 23.5 Å². The lowest BCUT2D eigenvalue weighted by molar-refractivity contribution is 0.0702. The highest BCUT2D eigenvalue weighted by molar-refractivity contribution is 7.15. The molecule has 16 heavy (non-hydrogen) atoms. The first-order chi connectivity index (χ1) is 7.29. The zero-order valence-corrected chi connectivity index (χ0v) is 10.4. The summed E-state index contributed by atoms with van der Waals surface area (Å²) in [5.74, 6) is -1.22. The average Bonchev–Trinajstić information content (AvgIpc) is 2.61. The summed E-state index contributed by atoms with van der Waals surface area (Å²) >= 11 is 0.988. The first kappa shape index (κ1) is 12.7. The molecule has 2 N–H and O–H groups in total. The molecule has 0 aliphatic heterocycles. The molecule has 0 spiro atoms. The van der Waals surface area contributed by atoms with Crippen LogP contribution in [0.4, 0.5) is 0 Å². The highest BCUT2D eigenvalue weighted by atomic mass is 32.1. The first-order valence-electron chi connectivity index (χ1n) is 4.91. The normalized spacial score (nSPS) is 11.2. The van der Waals surface area contributed by atoms with Crippen LogP contribution in [0.3, 0.4) is 0 Å². The average molecular weight is 241 g/mol. The summed E-state index contributed by atoms with van der Waals surface area (Å²) in [6, 6.07) is 2.98. The molecular weight excluding hydrogens is 226 g/mol. The van der Waals surface area contributed by atoms with Crippen molar-refractivity contribution in [1.82, 2.24) is 5.32 Å². The van der Waals surface area contributed by atoms with Crippen molar-refractivity contribution >= 4 is 23.2 Å². The van der Waals surface area contributed by atoms with E-state index in [2.05, 4.69) is 5.32 Å². The van der Waals surface area contributed by atoms with Gasteiger partial charge in [-0.15, -0.1) is 11.3 Å². The van der Waals surface area contributed by atoms with Gasteiger partial charge in [-0.3, -0.25) is 4.79 Å². The van der Waals surface area contributed by atoms with E-state index in [9.17, 15) is 9.59 Å². The van der Waals surface area contributed by atoms with Crippen molar-refractivity contribution in [1.29, 1.82) is 0 Å². The molecule has 5 heteroatoms. The molecule has 4 nitrogen and oxygen atoms in total. The van der Waals surface area contributed by atoms with Crippen molar-refractivity contribution in [3.8, 4) is 0 Å². The zero-order valence-electron chi connectivity index (χ0n) is 9.53. The molecule has 1 heterocycles. The van der Waals surface area contributed by atoms with E-state index in [0.717, 1.165) is 11.3 Å². The number of carboxylic acid groups (broad SMARTS) is 1. The zero-order chi connectivity index (χ0) is 12.3. The number of hydrogen-bond acceptors (Lipinski definition) is 3. The maximum Gasteiger partial charge on any atom is 0.345 e. The molecule has 0 aliphatic rings. The quantitative estimate of drug-likeness (QED) is 0.852. The monoisotopic (exact) mass is 241 g/mol. The summed E-state index contributed by atoms with van der Waals surface area (Å²) in [7, 11) is 0. The molecule has 0 aliphatic carbocycles. The molecule has 0 unspecified atom stereocenters. The number of hydrogen-bond donors (Lipinski definition) is 2. The van der Waals surface area contributed by atoms with Gasteiger partial charge >= 0.3 is 5.97 Å². The van der Waals surface area contributed by atoms with Crippen LogP contribution in [0.2, 0.25) is 0 Å². The van der Waals surface area contributed by atoms with Crippen LogP contribution in [0.15, 0.2) is 12.1 Å². The first-order valence-corrected chi connectivity index (χ1v) is 5.72. The van der Waals surface area contributed by atoms with Crippen LogP contribution < -0.4 is 5.32 Å². The van der Waals surface area contributed by atoms with E-state index in [0.29, 0.717) is 11.4 Å². The van der Waals surface area contributed by atoms with Crippen molar-refractivity contribution in [2.24, 2.45) is 5.41 Å². The number of aromatic carboxylic acids is 1. The minimum absolute atomic E-state index is 0.0164. The molecule has 0 saturated carbocycles. The maximum atomic E-state index is 11.6. The number of nitrogens with one attached hydrogen (secondary N) is 1. The van der Waals surface area contributed by atoms with Gasteiger partial charge in [0.1, 0.15) is 4.88 Å². The summed E-state index contributed by atoms with van der Waals surface area (Å²) in [5, 5.41) is 11.5. The third-order valence-corrected chi connectivity index (χ3v) is 2.89. The molecule has 1 rings (SSSR count). The second kappa shape index (κ2) is 4.65. The molecule has 0 aromatic carbocycles. The number of carbonyl (C=O) groups excluding carboxylic acids is 1. The van der Waals surface area contributed by atoms with Crippen LogP contribution >= 0.6 is 11.3 Å². The molecule has 0 atom stereocenters. The standard InChI is InChI=1S/C11H15NO3S/c1-11(2,3)6-12-9(13)7-4-5-8(16-7)10(14)15/h4-5H,6H2,1-3H3,(H,12,13)(H,14,15). The second-order valence-electron chi connectivity index (χ2n) is 4.71.